The van der Waals surface area contributed by atoms with Crippen molar-refractivity contribution in [1.82, 2.24) is 4.98 Å². The van der Waals surface area contributed by atoms with Crippen LogP contribution in [0, 0.1) is 5.82 Å². The van der Waals surface area contributed by atoms with E-state index >= 15 is 0 Å². The minimum atomic E-state index is -0.674. The van der Waals surface area contributed by atoms with E-state index in [1.807, 2.05) is 6.92 Å². The Labute approximate surface area is 141 Å². The first-order valence-corrected chi connectivity index (χ1v) is 7.45. The summed E-state index contributed by atoms with van der Waals surface area (Å²) in [6, 6.07) is 4.34. The predicted octanol–water partition coefficient (Wildman–Crippen LogP) is 6.01. The summed E-state index contributed by atoms with van der Waals surface area (Å²) in [5.74, 6) is 0.175. The van der Waals surface area contributed by atoms with Gasteiger partial charge in [0.05, 0.1) is 20.1 Å². The third-order valence-corrected chi connectivity index (χ3v) is 3.65. The lowest BCUT2D eigenvalue weighted by Crippen LogP contribution is -2.03. The molecule has 2 N–H and O–H groups in total. The van der Waals surface area contributed by atoms with Crippen LogP contribution in [0.25, 0.3) is 0 Å². The first-order chi connectivity index (χ1) is 9.92. The third-order valence-electron chi connectivity index (χ3n) is 2.52. The summed E-state index contributed by atoms with van der Waals surface area (Å²) >= 11 is 23.6. The summed E-state index contributed by atoms with van der Waals surface area (Å²) in [6.45, 7) is 2.57. The number of benzene rings is 1. The van der Waals surface area contributed by atoms with E-state index in [0.29, 0.717) is 33.9 Å². The van der Waals surface area contributed by atoms with Gasteiger partial charge in [0.1, 0.15) is 5.82 Å². The number of hydrogen-bond acceptors (Lipinski definition) is 3. The third kappa shape index (κ3) is 3.83. The minimum absolute atomic E-state index is 0.0954. The van der Waals surface area contributed by atoms with Crippen molar-refractivity contribution in [1.29, 1.82) is 0 Å². The number of aromatic nitrogens is 1. The predicted molar refractivity (Wildman–Crippen MR) is 88.1 cm³/mol. The number of nitrogens with one attached hydrogen (secondary N) is 2. The molecule has 0 aliphatic rings. The van der Waals surface area contributed by atoms with E-state index in [1.54, 1.807) is 6.07 Å². The first kappa shape index (κ1) is 16.4. The maximum Gasteiger partial charge on any atom is 0.160 e. The Bertz CT molecular complexity index is 656. The quantitative estimate of drug-likeness (QED) is 0.649. The van der Waals surface area contributed by atoms with Gasteiger partial charge in [0.25, 0.3) is 0 Å². The standard InChI is InChI=1S/C13H10Cl4FN3/c1-2-19-12-9(16)5-10(17)13(21-12)20-6-3-7(14)11(18)8(15)4-6/h3-5H,2H2,1H3,(H2,19,20,21). The zero-order valence-corrected chi connectivity index (χ0v) is 13.8. The molecule has 112 valence electrons. The van der Waals surface area contributed by atoms with Gasteiger partial charge in [-0.2, -0.15) is 0 Å². The highest BCUT2D eigenvalue weighted by Crippen LogP contribution is 2.33. The summed E-state index contributed by atoms with van der Waals surface area (Å²) in [6.07, 6.45) is 0. The Morgan fingerprint density at radius 1 is 0.952 bits per heavy atom. The molecule has 1 aromatic carbocycles. The van der Waals surface area contributed by atoms with Gasteiger partial charge in [0.15, 0.2) is 11.6 Å². The number of halogens is 5. The van der Waals surface area contributed by atoms with Crippen molar-refractivity contribution in [2.45, 2.75) is 6.92 Å². The van der Waals surface area contributed by atoms with Gasteiger partial charge in [-0.3, -0.25) is 0 Å². The first-order valence-electron chi connectivity index (χ1n) is 5.93. The fourth-order valence-electron chi connectivity index (χ4n) is 1.61. The summed E-state index contributed by atoms with van der Waals surface area (Å²) in [4.78, 5) is 4.27. The fraction of sp³-hybridized carbons (Fsp3) is 0.154. The van der Waals surface area contributed by atoms with Crippen LogP contribution in [0.2, 0.25) is 20.1 Å². The highest BCUT2D eigenvalue weighted by atomic mass is 35.5. The molecule has 0 aliphatic heterocycles. The molecule has 8 heteroatoms. The van der Waals surface area contributed by atoms with Gasteiger partial charge in [0.2, 0.25) is 0 Å². The summed E-state index contributed by atoms with van der Waals surface area (Å²) in [5.41, 5.74) is 0.463. The molecule has 2 rings (SSSR count). The molecule has 0 spiro atoms. The molecule has 2 aromatic rings. The average molecular weight is 369 g/mol. The molecule has 0 fully saturated rings. The normalized spacial score (nSPS) is 10.6. The van der Waals surface area contributed by atoms with Crippen LogP contribution in [-0.2, 0) is 0 Å². The Kier molecular flexibility index (Phi) is 5.38. The highest BCUT2D eigenvalue weighted by Gasteiger charge is 2.12. The summed E-state index contributed by atoms with van der Waals surface area (Å²) < 4.78 is 13.4. The number of pyridine rings is 1. The van der Waals surface area contributed by atoms with Gasteiger partial charge in [-0.05, 0) is 25.1 Å². The van der Waals surface area contributed by atoms with E-state index in [2.05, 4.69) is 15.6 Å². The van der Waals surface area contributed by atoms with E-state index < -0.39 is 5.82 Å². The molecule has 1 aromatic heterocycles. The molecule has 0 amide bonds. The van der Waals surface area contributed by atoms with Crippen molar-refractivity contribution in [3.8, 4) is 0 Å². The highest BCUT2D eigenvalue weighted by molar-refractivity contribution is 6.37. The largest absolute Gasteiger partial charge is 0.369 e. The maximum atomic E-state index is 13.4. The monoisotopic (exact) mass is 367 g/mol. The second-order valence-corrected chi connectivity index (χ2v) is 5.69. The van der Waals surface area contributed by atoms with E-state index in [0.717, 1.165) is 0 Å². The molecule has 0 radical (unpaired) electrons. The zero-order valence-electron chi connectivity index (χ0n) is 10.8. The van der Waals surface area contributed by atoms with Gasteiger partial charge in [-0.15, -0.1) is 0 Å². The lowest BCUT2D eigenvalue weighted by atomic mass is 10.3. The smallest absolute Gasteiger partial charge is 0.160 e. The molecule has 0 saturated carbocycles. The summed E-state index contributed by atoms with van der Waals surface area (Å²) in [7, 11) is 0. The molecule has 21 heavy (non-hydrogen) atoms. The lowest BCUT2D eigenvalue weighted by molar-refractivity contribution is 0.629. The van der Waals surface area contributed by atoms with Gasteiger partial charge in [0, 0.05) is 12.2 Å². The van der Waals surface area contributed by atoms with Crippen molar-refractivity contribution in [3.05, 3.63) is 44.1 Å². The van der Waals surface area contributed by atoms with Crippen molar-refractivity contribution in [2.75, 3.05) is 17.2 Å². The summed E-state index contributed by atoms with van der Waals surface area (Å²) in [5, 5.41) is 6.47. The van der Waals surface area contributed by atoms with Gasteiger partial charge in [-0.25, -0.2) is 9.37 Å². The maximum absolute atomic E-state index is 13.4. The Morgan fingerprint density at radius 2 is 1.52 bits per heavy atom. The van der Waals surface area contributed by atoms with Crippen LogP contribution in [0.4, 0.5) is 21.7 Å². The van der Waals surface area contributed by atoms with Crippen LogP contribution >= 0.6 is 46.4 Å². The molecule has 0 aliphatic carbocycles. The molecule has 0 unspecified atom stereocenters. The molecule has 1 heterocycles. The van der Waals surface area contributed by atoms with Crippen LogP contribution in [0.15, 0.2) is 18.2 Å². The number of anilines is 3. The Hall–Kier alpha value is -0.940. The van der Waals surface area contributed by atoms with Crippen molar-refractivity contribution >= 4 is 63.7 Å². The second-order valence-electron chi connectivity index (χ2n) is 4.06. The molecular formula is C13H10Cl4FN3. The van der Waals surface area contributed by atoms with Crippen LogP contribution < -0.4 is 10.6 Å². The SMILES string of the molecule is CCNc1nc(Nc2cc(Cl)c(F)c(Cl)c2)c(Cl)cc1Cl. The Morgan fingerprint density at radius 3 is 2.10 bits per heavy atom. The van der Waals surface area contributed by atoms with Crippen molar-refractivity contribution < 1.29 is 4.39 Å². The van der Waals surface area contributed by atoms with Crippen molar-refractivity contribution in [2.24, 2.45) is 0 Å². The van der Waals surface area contributed by atoms with Crippen LogP contribution in [-0.4, -0.2) is 11.5 Å². The van der Waals surface area contributed by atoms with E-state index in [1.165, 1.54) is 12.1 Å². The van der Waals surface area contributed by atoms with Gasteiger partial charge in [-0.1, -0.05) is 46.4 Å². The Balaban J connectivity index is 2.37. The van der Waals surface area contributed by atoms with E-state index in [9.17, 15) is 4.39 Å². The zero-order chi connectivity index (χ0) is 15.6. The minimum Gasteiger partial charge on any atom is -0.369 e. The fourth-order valence-corrected chi connectivity index (χ4v) is 2.57. The topological polar surface area (TPSA) is 37.0 Å². The van der Waals surface area contributed by atoms with Crippen LogP contribution in [0.5, 0.6) is 0 Å². The van der Waals surface area contributed by atoms with Crippen molar-refractivity contribution in [3.63, 3.8) is 0 Å². The molecular weight excluding hydrogens is 359 g/mol. The van der Waals surface area contributed by atoms with Gasteiger partial charge < -0.3 is 10.6 Å². The van der Waals surface area contributed by atoms with Crippen LogP contribution in [0.3, 0.4) is 0 Å². The number of hydrogen-bond donors (Lipinski definition) is 2. The molecule has 0 bridgehead atoms. The second kappa shape index (κ2) is 6.88. The van der Waals surface area contributed by atoms with E-state index in [-0.39, 0.29) is 10.0 Å². The molecule has 0 atom stereocenters. The van der Waals surface area contributed by atoms with E-state index in [4.69, 9.17) is 46.4 Å². The molecule has 3 nitrogen and oxygen atoms in total. The lowest BCUT2D eigenvalue weighted by Gasteiger charge is -2.12. The van der Waals surface area contributed by atoms with Crippen LogP contribution in [0.1, 0.15) is 6.92 Å². The molecule has 0 saturated heterocycles. The van der Waals surface area contributed by atoms with Gasteiger partial charge >= 0.3 is 0 Å². The number of nitrogens with zero attached hydrogens (tertiary/aromatic N) is 1. The average Bonchev–Trinajstić information content (AvgIpc) is 2.41. The number of rotatable bonds is 4.